The van der Waals surface area contributed by atoms with Crippen LogP contribution in [0.1, 0.15) is 48.5 Å². The number of rotatable bonds is 7. The van der Waals surface area contributed by atoms with Gasteiger partial charge in [0.05, 0.1) is 32.5 Å². The minimum atomic E-state index is 0.648. The molecule has 2 aliphatic rings. The largest absolute Gasteiger partial charge is 0.381 e. The average molecular weight is 360 g/mol. The van der Waals surface area contributed by atoms with E-state index in [0.29, 0.717) is 24.2 Å². The van der Waals surface area contributed by atoms with E-state index in [9.17, 15) is 0 Å². The third-order valence-electron chi connectivity index (χ3n) is 4.76. The molecule has 152 valence electrons. The minimum absolute atomic E-state index is 0.648. The third kappa shape index (κ3) is 11.9. The highest BCUT2D eigenvalue weighted by Gasteiger charge is 2.24. The molecule has 25 heavy (non-hydrogen) atoms. The number of hydrogen-bond acceptors (Lipinski definition) is 5. The first kappa shape index (κ1) is 24.8. The quantitative estimate of drug-likeness (QED) is 0.756. The summed E-state index contributed by atoms with van der Waals surface area (Å²) in [6.45, 7) is 21.3. The van der Waals surface area contributed by atoms with Crippen molar-refractivity contribution in [3.05, 3.63) is 0 Å². The van der Waals surface area contributed by atoms with E-state index < -0.39 is 0 Å². The van der Waals surface area contributed by atoms with Gasteiger partial charge in [-0.25, -0.2) is 0 Å². The van der Waals surface area contributed by atoms with E-state index in [0.717, 1.165) is 38.9 Å². The molecule has 0 saturated carbocycles. The second-order valence-electron chi connectivity index (χ2n) is 8.10. The van der Waals surface area contributed by atoms with Crippen molar-refractivity contribution in [2.75, 3.05) is 53.6 Å². The van der Waals surface area contributed by atoms with Gasteiger partial charge in [-0.15, -0.1) is 0 Å². The lowest BCUT2D eigenvalue weighted by Crippen LogP contribution is -2.49. The van der Waals surface area contributed by atoms with Crippen LogP contribution in [0.15, 0.2) is 0 Å². The van der Waals surface area contributed by atoms with Crippen LogP contribution in [0.4, 0.5) is 0 Å². The van der Waals surface area contributed by atoms with E-state index in [1.54, 1.807) is 0 Å². The van der Waals surface area contributed by atoms with Crippen LogP contribution >= 0.6 is 0 Å². The van der Waals surface area contributed by atoms with E-state index in [1.807, 2.05) is 0 Å². The highest BCUT2D eigenvalue weighted by atomic mass is 16.5. The first-order valence-electron chi connectivity index (χ1n) is 9.99. The van der Waals surface area contributed by atoms with Crippen molar-refractivity contribution >= 4 is 0 Å². The maximum absolute atomic E-state index is 5.09. The normalized spacial score (nSPS) is 18.0. The molecule has 0 aromatic heterocycles. The smallest absolute Gasteiger partial charge is 0.0645 e. The van der Waals surface area contributed by atoms with Crippen LogP contribution in [0.5, 0.6) is 0 Å². The van der Waals surface area contributed by atoms with Crippen LogP contribution in [0, 0.1) is 5.92 Å². The van der Waals surface area contributed by atoms with Crippen LogP contribution in [0.3, 0.4) is 0 Å². The molecule has 0 aliphatic carbocycles. The Labute approximate surface area is 157 Å². The average Bonchev–Trinajstić information content (AvgIpc) is 2.41. The Balaban J connectivity index is 0.000000358. The number of likely N-dealkylation sites (N-methyl/N-ethyl adjacent to an activating group) is 1. The third-order valence-corrected chi connectivity index (χ3v) is 4.76. The van der Waals surface area contributed by atoms with E-state index >= 15 is 0 Å². The summed E-state index contributed by atoms with van der Waals surface area (Å²) in [6, 6.07) is 2.65. The van der Waals surface area contributed by atoms with Gasteiger partial charge in [0, 0.05) is 30.6 Å². The van der Waals surface area contributed by atoms with E-state index in [4.69, 9.17) is 9.47 Å². The first-order chi connectivity index (χ1) is 11.7. The van der Waals surface area contributed by atoms with Crippen LogP contribution in [0.25, 0.3) is 0 Å². The van der Waals surface area contributed by atoms with Gasteiger partial charge in [-0.05, 0) is 48.3 Å². The van der Waals surface area contributed by atoms with Gasteiger partial charge < -0.3 is 19.7 Å². The van der Waals surface area contributed by atoms with Gasteiger partial charge in [0.1, 0.15) is 0 Å². The molecule has 0 atom stereocenters. The minimum Gasteiger partial charge on any atom is -0.381 e. The fourth-order valence-electron chi connectivity index (χ4n) is 2.30. The molecule has 2 rings (SSSR count). The van der Waals surface area contributed by atoms with Crippen LogP contribution in [-0.4, -0.2) is 87.6 Å². The van der Waals surface area contributed by atoms with Gasteiger partial charge in [0.25, 0.3) is 0 Å². The molecule has 2 saturated heterocycles. The Bertz CT molecular complexity index is 303. The van der Waals surface area contributed by atoms with Crippen molar-refractivity contribution in [3.8, 4) is 0 Å². The standard InChI is InChI=1S/C8H17NO.C7H15NO.C5H13N/c1-7(2)9(3)4-8-5-10-6-8;1-6(2)8(3)7-4-9-5-7;1-4-6-5(2)3/h7-8H,4-6H2,1-3H3;6-7H,4-5H2,1-3H3;5-6H,4H2,1-3H3. The summed E-state index contributed by atoms with van der Waals surface area (Å²) < 4.78 is 10.2. The SMILES string of the molecule is CC(C)N(C)C1COC1.CC(C)N(C)CC1COC1.CCNC(C)C. The van der Waals surface area contributed by atoms with Crippen LogP contribution in [-0.2, 0) is 9.47 Å². The molecule has 2 aliphatic heterocycles. The zero-order valence-corrected chi connectivity index (χ0v) is 18.3. The number of hydrogen-bond donors (Lipinski definition) is 1. The van der Waals surface area contributed by atoms with Crippen molar-refractivity contribution in [2.45, 2.75) is 72.6 Å². The predicted molar refractivity (Wildman–Crippen MR) is 108 cm³/mol. The number of ether oxygens (including phenoxy) is 2. The Morgan fingerprint density at radius 1 is 0.880 bits per heavy atom. The Morgan fingerprint density at radius 3 is 1.56 bits per heavy atom. The summed E-state index contributed by atoms with van der Waals surface area (Å²) in [5.41, 5.74) is 0. The van der Waals surface area contributed by atoms with Crippen LogP contribution < -0.4 is 5.32 Å². The summed E-state index contributed by atoms with van der Waals surface area (Å²) in [5.74, 6) is 0.799. The lowest BCUT2D eigenvalue weighted by atomic mass is 10.1. The summed E-state index contributed by atoms with van der Waals surface area (Å²) in [7, 11) is 4.32. The molecular weight excluding hydrogens is 314 g/mol. The van der Waals surface area contributed by atoms with Gasteiger partial charge >= 0.3 is 0 Å². The van der Waals surface area contributed by atoms with E-state index in [2.05, 4.69) is 77.7 Å². The van der Waals surface area contributed by atoms with E-state index in [-0.39, 0.29) is 0 Å². The molecule has 5 heteroatoms. The molecule has 2 heterocycles. The van der Waals surface area contributed by atoms with Gasteiger partial charge in [0.2, 0.25) is 0 Å². The molecule has 0 amide bonds. The van der Waals surface area contributed by atoms with Crippen molar-refractivity contribution in [1.82, 2.24) is 15.1 Å². The fourth-order valence-corrected chi connectivity index (χ4v) is 2.30. The van der Waals surface area contributed by atoms with Crippen molar-refractivity contribution < 1.29 is 9.47 Å². The molecule has 0 bridgehead atoms. The molecule has 0 unspecified atom stereocenters. The number of nitrogens with zero attached hydrogens (tertiary/aromatic N) is 2. The highest BCUT2D eigenvalue weighted by molar-refractivity contribution is 4.76. The topological polar surface area (TPSA) is 37.0 Å². The van der Waals surface area contributed by atoms with Crippen molar-refractivity contribution in [2.24, 2.45) is 5.92 Å². The summed E-state index contributed by atoms with van der Waals surface area (Å²) in [4.78, 5) is 4.72. The Morgan fingerprint density at radius 2 is 1.40 bits per heavy atom. The lowest BCUT2D eigenvalue weighted by Gasteiger charge is -2.37. The van der Waals surface area contributed by atoms with Gasteiger partial charge in [-0.1, -0.05) is 20.8 Å². The zero-order chi connectivity index (χ0) is 19.4. The zero-order valence-electron chi connectivity index (χ0n) is 18.3. The molecule has 0 radical (unpaired) electrons. The highest BCUT2D eigenvalue weighted by Crippen LogP contribution is 2.12. The molecule has 0 aromatic carbocycles. The van der Waals surface area contributed by atoms with Crippen molar-refractivity contribution in [1.29, 1.82) is 0 Å². The molecular formula is C20H45N3O2. The second kappa shape index (κ2) is 13.9. The maximum Gasteiger partial charge on any atom is 0.0645 e. The molecule has 5 nitrogen and oxygen atoms in total. The molecule has 0 aromatic rings. The maximum atomic E-state index is 5.09. The monoisotopic (exact) mass is 359 g/mol. The van der Waals surface area contributed by atoms with Gasteiger partial charge in [-0.3, -0.25) is 4.90 Å². The predicted octanol–water partition coefficient (Wildman–Crippen LogP) is 2.70. The Kier molecular flexibility index (Phi) is 13.8. The second-order valence-corrected chi connectivity index (χ2v) is 8.10. The summed E-state index contributed by atoms with van der Waals surface area (Å²) >= 11 is 0. The lowest BCUT2D eigenvalue weighted by molar-refractivity contribution is -0.0650. The number of nitrogens with one attached hydrogen (secondary N) is 1. The molecule has 2 fully saturated rings. The van der Waals surface area contributed by atoms with Gasteiger partial charge in [0.15, 0.2) is 0 Å². The van der Waals surface area contributed by atoms with E-state index in [1.165, 1.54) is 6.54 Å². The summed E-state index contributed by atoms with van der Waals surface area (Å²) in [5, 5.41) is 3.21. The Hall–Kier alpha value is -0.200. The van der Waals surface area contributed by atoms with Crippen molar-refractivity contribution in [3.63, 3.8) is 0 Å². The summed E-state index contributed by atoms with van der Waals surface area (Å²) in [6.07, 6.45) is 0. The van der Waals surface area contributed by atoms with Crippen LogP contribution in [0.2, 0.25) is 0 Å². The molecule has 1 N–H and O–H groups in total. The first-order valence-corrected chi connectivity index (χ1v) is 9.99. The van der Waals surface area contributed by atoms with Gasteiger partial charge in [-0.2, -0.15) is 0 Å². The fraction of sp³-hybridized carbons (Fsp3) is 1.00. The molecule has 0 spiro atoms.